The molecule has 1 aliphatic heterocycles. The number of nitrogens with zero attached hydrogens (tertiary/aromatic N) is 1. The van der Waals surface area contributed by atoms with Gasteiger partial charge < -0.3 is 4.74 Å². The van der Waals surface area contributed by atoms with E-state index < -0.39 is 10.0 Å². The van der Waals surface area contributed by atoms with E-state index in [1.54, 1.807) is 12.1 Å². The lowest BCUT2D eigenvalue weighted by atomic mass is 10.0. The Morgan fingerprint density at radius 1 is 1.30 bits per heavy atom. The van der Waals surface area contributed by atoms with E-state index in [1.165, 1.54) is 31.4 Å². The molecule has 0 spiro atoms. The third kappa shape index (κ3) is 4.19. The molecule has 0 amide bonds. The van der Waals surface area contributed by atoms with Crippen molar-refractivity contribution in [1.29, 1.82) is 0 Å². The molecule has 0 bridgehead atoms. The van der Waals surface area contributed by atoms with Crippen molar-refractivity contribution >= 4 is 10.0 Å². The number of primary sulfonamides is 1. The number of piperidine rings is 1. The first-order valence-corrected chi connectivity index (χ1v) is 8.51. The fraction of sp³-hybridized carbons (Fsp3) is 0.571. The van der Waals surface area contributed by atoms with Gasteiger partial charge in [0.1, 0.15) is 12.4 Å². The fourth-order valence-electron chi connectivity index (χ4n) is 2.50. The zero-order valence-electron chi connectivity index (χ0n) is 11.8. The van der Waals surface area contributed by atoms with Crippen LogP contribution in [-0.4, -0.2) is 39.1 Å². The number of nitrogens with two attached hydrogens (primary N) is 1. The first kappa shape index (κ1) is 15.3. The van der Waals surface area contributed by atoms with E-state index in [-0.39, 0.29) is 4.90 Å². The number of benzene rings is 1. The second kappa shape index (κ2) is 6.56. The van der Waals surface area contributed by atoms with Gasteiger partial charge in [-0.15, -0.1) is 0 Å². The second-order valence-corrected chi connectivity index (χ2v) is 6.81. The summed E-state index contributed by atoms with van der Waals surface area (Å²) >= 11 is 0. The molecule has 1 heterocycles. The average molecular weight is 298 g/mol. The van der Waals surface area contributed by atoms with Crippen LogP contribution in [0.15, 0.2) is 29.2 Å². The van der Waals surface area contributed by atoms with E-state index in [1.807, 2.05) is 0 Å². The summed E-state index contributed by atoms with van der Waals surface area (Å²) in [6, 6.07) is 6.83. The van der Waals surface area contributed by atoms with Gasteiger partial charge in [-0.25, -0.2) is 13.6 Å². The predicted octanol–water partition coefficient (Wildman–Crippen LogP) is 1.59. The summed E-state index contributed by atoms with van der Waals surface area (Å²) in [6.07, 6.45) is 3.82. The maximum absolute atomic E-state index is 11.1. The Kier molecular flexibility index (Phi) is 5.01. The molecule has 1 fully saturated rings. The summed E-state index contributed by atoms with van der Waals surface area (Å²) in [5, 5.41) is 5.04. The molecule has 1 saturated heterocycles. The predicted molar refractivity (Wildman–Crippen MR) is 78.2 cm³/mol. The molecular formula is C14H22N2O3S. The highest BCUT2D eigenvalue weighted by molar-refractivity contribution is 7.89. The molecule has 1 aromatic carbocycles. The highest BCUT2D eigenvalue weighted by atomic mass is 32.2. The number of sulfonamides is 1. The van der Waals surface area contributed by atoms with E-state index in [0.717, 1.165) is 13.1 Å². The molecule has 0 aliphatic carbocycles. The first-order chi connectivity index (χ1) is 9.47. The second-order valence-electron chi connectivity index (χ2n) is 5.25. The molecule has 1 aliphatic rings. The van der Waals surface area contributed by atoms with Gasteiger partial charge in [-0.1, -0.05) is 6.42 Å². The van der Waals surface area contributed by atoms with Crippen LogP contribution in [-0.2, 0) is 10.0 Å². The molecule has 6 heteroatoms. The smallest absolute Gasteiger partial charge is 0.238 e. The highest BCUT2D eigenvalue weighted by Crippen LogP contribution is 2.17. The molecule has 2 N–H and O–H groups in total. The number of hydrogen-bond donors (Lipinski definition) is 1. The Morgan fingerprint density at radius 3 is 2.60 bits per heavy atom. The number of rotatable bonds is 5. The zero-order chi connectivity index (χ0) is 14.6. The maximum Gasteiger partial charge on any atom is 0.238 e. The van der Waals surface area contributed by atoms with Gasteiger partial charge in [0, 0.05) is 12.6 Å². The molecular weight excluding hydrogens is 276 g/mol. The van der Waals surface area contributed by atoms with Crippen LogP contribution >= 0.6 is 0 Å². The van der Waals surface area contributed by atoms with Crippen molar-refractivity contribution in [3.8, 4) is 5.75 Å². The zero-order valence-corrected chi connectivity index (χ0v) is 12.6. The minimum Gasteiger partial charge on any atom is -0.492 e. The van der Waals surface area contributed by atoms with Crippen LogP contribution in [0.1, 0.15) is 26.2 Å². The van der Waals surface area contributed by atoms with Crippen molar-refractivity contribution in [3.05, 3.63) is 24.3 Å². The molecule has 5 nitrogen and oxygen atoms in total. The van der Waals surface area contributed by atoms with Crippen LogP contribution in [0.25, 0.3) is 0 Å². The Morgan fingerprint density at radius 2 is 2.00 bits per heavy atom. The lowest BCUT2D eigenvalue weighted by Gasteiger charge is -2.33. The largest absolute Gasteiger partial charge is 0.492 e. The Bertz CT molecular complexity index is 528. The number of likely N-dealkylation sites (tertiary alicyclic amines) is 1. The molecule has 0 unspecified atom stereocenters. The molecule has 1 aromatic rings. The lowest BCUT2D eigenvalue weighted by Crippen LogP contribution is -2.39. The van der Waals surface area contributed by atoms with Crippen molar-refractivity contribution in [2.24, 2.45) is 5.14 Å². The van der Waals surface area contributed by atoms with Crippen molar-refractivity contribution in [2.45, 2.75) is 37.1 Å². The van der Waals surface area contributed by atoms with Crippen LogP contribution in [0.2, 0.25) is 0 Å². The maximum atomic E-state index is 11.1. The molecule has 0 aromatic heterocycles. The van der Waals surface area contributed by atoms with E-state index in [9.17, 15) is 8.42 Å². The molecule has 2 rings (SSSR count). The van der Waals surface area contributed by atoms with Gasteiger partial charge in [0.25, 0.3) is 0 Å². The van der Waals surface area contributed by atoms with Gasteiger partial charge in [0.15, 0.2) is 0 Å². The average Bonchev–Trinajstić information content (AvgIpc) is 2.40. The van der Waals surface area contributed by atoms with E-state index in [0.29, 0.717) is 18.4 Å². The van der Waals surface area contributed by atoms with Gasteiger partial charge in [-0.2, -0.15) is 0 Å². The molecule has 0 saturated carbocycles. The van der Waals surface area contributed by atoms with Crippen LogP contribution in [0.3, 0.4) is 0 Å². The fourth-order valence-corrected chi connectivity index (χ4v) is 3.01. The van der Waals surface area contributed by atoms with Gasteiger partial charge in [0.05, 0.1) is 4.90 Å². The monoisotopic (exact) mass is 298 g/mol. The summed E-state index contributed by atoms with van der Waals surface area (Å²) in [5.41, 5.74) is 0. The Balaban J connectivity index is 1.82. The van der Waals surface area contributed by atoms with Crippen molar-refractivity contribution < 1.29 is 13.2 Å². The topological polar surface area (TPSA) is 72.6 Å². The highest BCUT2D eigenvalue weighted by Gasteiger charge is 2.17. The molecule has 20 heavy (non-hydrogen) atoms. The van der Waals surface area contributed by atoms with Crippen molar-refractivity contribution in [2.75, 3.05) is 19.7 Å². The number of hydrogen-bond acceptors (Lipinski definition) is 4. The summed E-state index contributed by atoms with van der Waals surface area (Å²) in [5.74, 6) is 0.669. The lowest BCUT2D eigenvalue weighted by molar-refractivity contribution is 0.133. The normalized spacial score (nSPS) is 20.8. The van der Waals surface area contributed by atoms with Crippen LogP contribution < -0.4 is 9.88 Å². The molecule has 1 atom stereocenters. The van der Waals surface area contributed by atoms with Gasteiger partial charge in [-0.05, 0) is 50.6 Å². The minimum absolute atomic E-state index is 0.106. The summed E-state index contributed by atoms with van der Waals surface area (Å²) in [6.45, 7) is 4.89. The summed E-state index contributed by atoms with van der Waals surface area (Å²) < 4.78 is 27.9. The first-order valence-electron chi connectivity index (χ1n) is 6.96. The van der Waals surface area contributed by atoms with Crippen molar-refractivity contribution in [3.63, 3.8) is 0 Å². The summed E-state index contributed by atoms with van der Waals surface area (Å²) in [4.78, 5) is 2.54. The Hall–Kier alpha value is -1.11. The third-order valence-corrected chi connectivity index (χ3v) is 4.67. The van der Waals surface area contributed by atoms with Gasteiger partial charge in [-0.3, -0.25) is 4.90 Å². The third-order valence-electron chi connectivity index (χ3n) is 3.74. The summed E-state index contributed by atoms with van der Waals surface area (Å²) in [7, 11) is -3.63. The SMILES string of the molecule is C[C@H]1CCCCN1CCOc1ccc(S(N)(=O)=O)cc1. The Labute approximate surface area is 120 Å². The van der Waals surface area contributed by atoms with Crippen molar-refractivity contribution in [1.82, 2.24) is 4.90 Å². The standard InChI is InChI=1S/C14H22N2O3S/c1-12-4-2-3-9-16(12)10-11-19-13-5-7-14(8-6-13)20(15,17)18/h5-8,12H,2-4,9-11H2,1H3,(H2,15,17,18)/t12-/m0/s1. The van der Waals surface area contributed by atoms with Crippen LogP contribution in [0, 0.1) is 0 Å². The van der Waals surface area contributed by atoms with Gasteiger partial charge >= 0.3 is 0 Å². The molecule has 0 radical (unpaired) electrons. The van der Waals surface area contributed by atoms with E-state index >= 15 is 0 Å². The molecule has 112 valence electrons. The van der Waals surface area contributed by atoms with Crippen LogP contribution in [0.5, 0.6) is 5.75 Å². The van der Waals surface area contributed by atoms with Gasteiger partial charge in [0.2, 0.25) is 10.0 Å². The number of ether oxygens (including phenoxy) is 1. The van der Waals surface area contributed by atoms with E-state index in [2.05, 4.69) is 11.8 Å². The quantitative estimate of drug-likeness (QED) is 0.896. The van der Waals surface area contributed by atoms with Crippen LogP contribution in [0.4, 0.5) is 0 Å². The van der Waals surface area contributed by atoms with E-state index in [4.69, 9.17) is 9.88 Å². The minimum atomic E-state index is -3.63.